The first-order chi connectivity index (χ1) is 63.2. The van der Waals surface area contributed by atoms with Crippen molar-refractivity contribution in [1.82, 2.24) is 30.6 Å². The van der Waals surface area contributed by atoms with Crippen LogP contribution in [0.25, 0.3) is 19.4 Å². The minimum Gasteiger partial charge on any atom is -0.476 e. The van der Waals surface area contributed by atoms with Crippen molar-refractivity contribution in [3.05, 3.63) is 224 Å². The molecule has 8 aromatic rings. The highest BCUT2D eigenvalue weighted by Crippen LogP contribution is 2.46. The van der Waals surface area contributed by atoms with Gasteiger partial charge in [-0.05, 0) is 320 Å². The average Bonchev–Trinajstić information content (AvgIpc) is 1.60. The van der Waals surface area contributed by atoms with Gasteiger partial charge in [-0.15, -0.1) is 0 Å². The topological polar surface area (TPSA) is 360 Å². The maximum Gasteiger partial charge on any atom is 0.408 e. The van der Waals surface area contributed by atoms with Crippen LogP contribution >= 0.6 is 48.9 Å². The van der Waals surface area contributed by atoms with Crippen LogP contribution in [0.1, 0.15) is 171 Å². The van der Waals surface area contributed by atoms with Crippen molar-refractivity contribution in [2.75, 3.05) is 65.6 Å². The minimum absolute atomic E-state index is 0.00770. The Morgan fingerprint density at radius 2 is 0.667 bits per heavy atom. The second-order valence-corrected chi connectivity index (χ2v) is 40.1. The maximum atomic E-state index is 13.4. The maximum absolute atomic E-state index is 13.4. The van der Waals surface area contributed by atoms with Crippen molar-refractivity contribution in [1.29, 1.82) is 0 Å². The van der Waals surface area contributed by atoms with E-state index in [9.17, 15) is 33.6 Å². The number of benzene rings is 4. The number of aliphatic hydroxyl groups excluding tert-OH is 1. The van der Waals surface area contributed by atoms with Crippen molar-refractivity contribution >= 4 is 173 Å². The Balaban J connectivity index is 0.000000156. The van der Waals surface area contributed by atoms with Crippen molar-refractivity contribution < 1.29 is 57.6 Å². The summed E-state index contributed by atoms with van der Waals surface area (Å²) in [4.78, 5) is 130. The van der Waals surface area contributed by atoms with E-state index in [0.29, 0.717) is 120 Å². The van der Waals surface area contributed by atoms with E-state index in [-0.39, 0.29) is 59.0 Å². The summed E-state index contributed by atoms with van der Waals surface area (Å²) >= 11 is 22.7. The summed E-state index contributed by atoms with van der Waals surface area (Å²) in [5, 5.41) is 15.9. The number of aliphatic hydroxyl groups is 1. The number of nitrogens with two attached hydrogens (primary N) is 2. The van der Waals surface area contributed by atoms with Crippen LogP contribution in [0, 0.1) is 54.0 Å². The van der Waals surface area contributed by atoms with E-state index in [1.165, 1.54) is 25.7 Å². The highest BCUT2D eigenvalue weighted by atomic mass is 32.1. The normalized spacial score (nSPS) is 18.2. The molecule has 0 unspecified atom stereocenters. The number of nitrogens with one attached hydrogen (secondary N) is 3. The molecule has 4 aromatic heterocycles. The average molecular weight is 1900 g/mol. The Kier molecular flexibility index (Phi) is 28.6. The van der Waals surface area contributed by atoms with Gasteiger partial charge in [0.1, 0.15) is 53.2 Å². The molecule has 16 rings (SSSR count). The van der Waals surface area contributed by atoms with Gasteiger partial charge in [0, 0.05) is 53.2 Å². The lowest BCUT2D eigenvalue weighted by Crippen LogP contribution is -2.44. The number of aryl methyl sites for hydroxylation is 4. The van der Waals surface area contributed by atoms with Gasteiger partial charge in [-0.1, -0.05) is 24.3 Å². The lowest BCUT2D eigenvalue weighted by Gasteiger charge is -2.29. The number of carbonyl (C=O) groups excluding carboxylic acids is 6. The zero-order chi connectivity index (χ0) is 99.0. The number of aromatic nitrogens is 4. The number of amides is 6. The van der Waals surface area contributed by atoms with Crippen LogP contribution < -0.4 is 81.1 Å². The number of alkyl carbamates (subject to hydrolysis) is 2. The van der Waals surface area contributed by atoms with Crippen molar-refractivity contribution in [3.63, 3.8) is 0 Å². The fourth-order valence-electron chi connectivity index (χ4n) is 15.0. The van der Waals surface area contributed by atoms with E-state index in [1.807, 2.05) is 135 Å². The van der Waals surface area contributed by atoms with E-state index in [4.69, 9.17) is 115 Å². The molecule has 0 spiro atoms. The minimum atomic E-state index is -0.942. The molecule has 0 radical (unpaired) electrons. The third-order valence-electron chi connectivity index (χ3n) is 23.7. The number of thiocarbonyl (C=S) groups is 4. The highest BCUT2D eigenvalue weighted by molar-refractivity contribution is 7.81. The van der Waals surface area contributed by atoms with E-state index in [2.05, 4.69) is 49.9 Å². The second kappa shape index (κ2) is 38.5. The molecule has 33 nitrogen and oxygen atoms in total. The van der Waals surface area contributed by atoms with Gasteiger partial charge in [-0.25, -0.2) is 43.9 Å². The fourth-order valence-corrected chi connectivity index (χ4v) is 17.1. The highest BCUT2D eigenvalue weighted by Gasteiger charge is 2.56. The van der Waals surface area contributed by atoms with Crippen molar-refractivity contribution in [3.8, 4) is 17.6 Å². The molecule has 0 atom stereocenters. The Bertz CT molecular complexity index is 6090. The summed E-state index contributed by atoms with van der Waals surface area (Å²) in [6.07, 6.45) is 12.7. The monoisotopic (exact) mass is 1900 g/mol. The van der Waals surface area contributed by atoms with Gasteiger partial charge in [-0.3, -0.25) is 43.6 Å². The first-order valence-electron chi connectivity index (χ1n) is 43.6. The summed E-state index contributed by atoms with van der Waals surface area (Å²) in [5.74, 6) is 0.773. The summed E-state index contributed by atoms with van der Waals surface area (Å²) in [6.45, 7) is 62.8. The first-order valence-corrected chi connectivity index (χ1v) is 45.2. The Labute approximate surface area is 807 Å². The van der Waals surface area contributed by atoms with Gasteiger partial charge in [0.25, 0.3) is 23.6 Å². The molecule has 4 saturated heterocycles. The summed E-state index contributed by atoms with van der Waals surface area (Å²) in [6, 6.07) is 34.7. The number of rotatable bonds is 20. The smallest absolute Gasteiger partial charge is 0.408 e. The van der Waals surface area contributed by atoms with E-state index in [0.717, 1.165) is 73.6 Å². The van der Waals surface area contributed by atoms with Crippen LogP contribution in [0.5, 0.6) is 17.6 Å². The zero-order valence-electron chi connectivity index (χ0n) is 78.7. The molecule has 4 aromatic carbocycles. The number of anilines is 8. The van der Waals surface area contributed by atoms with Crippen LogP contribution in [-0.2, 0) is 28.7 Å². The second-order valence-electron chi connectivity index (χ2n) is 38.6. The molecule has 135 heavy (non-hydrogen) atoms. The van der Waals surface area contributed by atoms with Crippen LogP contribution in [0.15, 0.2) is 151 Å². The number of aromatic amines is 1. The standard InChI is InChI=1S/C27H31N5O4S.2C22H23N5O2S.C18H16N4O2S.C9H17NO3/c1-17-14-18(8-10-20(17)28-7)31-22(33)26(5,6)32(24(31)37)19-9-11-21(29-15-19)35-16-27(12-13-27)30-23(34)36-25(2,3)4;2*1-14-11-15(5-7-17(14)24-4)26-19(28)21(2,3)27(20(26)30)16-6-8-18(25-12-16)29-13-22(23)9-10-22;1-11-9-12(5-7-14(11)19-4)21-16(24)18(2,3)22(17(21)25)13-6-8-15(23)20-10-13;1-8(2,3)13-7(12)10-9(6-11)4-5-9/h8-11,14-15H,12-13,16H2,1-6H3,(H,30,34);2*5-8,11-12H,9-10,13,23H2,1-3H3;5-10H,1-3H3,(H,20,23);11H,4-6H2,1-3H3,(H,10,12). The van der Waals surface area contributed by atoms with Gasteiger partial charge >= 0.3 is 12.2 Å². The number of H-pyrrole nitrogens is 1. The third kappa shape index (κ3) is 22.3. The third-order valence-corrected chi connectivity index (χ3v) is 25.2. The van der Waals surface area contributed by atoms with Crippen LogP contribution in [0.4, 0.5) is 77.8 Å². The van der Waals surface area contributed by atoms with Crippen molar-refractivity contribution in [2.45, 2.75) is 232 Å². The van der Waals surface area contributed by atoms with Gasteiger partial charge in [-0.2, -0.15) is 0 Å². The molecule has 0 bridgehead atoms. The Morgan fingerprint density at radius 3 is 0.889 bits per heavy atom. The molecule has 4 aliphatic carbocycles. The molecule has 6 amide bonds. The predicted molar refractivity (Wildman–Crippen MR) is 535 cm³/mol. The largest absolute Gasteiger partial charge is 0.476 e. The Morgan fingerprint density at radius 1 is 0.407 bits per heavy atom. The molecule has 8 aliphatic rings. The number of nitrogens with zero attached hydrogens (tertiary/aromatic N) is 15. The quantitative estimate of drug-likeness (QED) is 0.0305. The van der Waals surface area contributed by atoms with E-state index in [1.54, 1.807) is 149 Å². The van der Waals surface area contributed by atoms with Crippen molar-refractivity contribution in [2.24, 2.45) is 11.5 Å². The van der Waals surface area contributed by atoms with Gasteiger partial charge in [0.2, 0.25) is 23.2 Å². The number of hydrogen-bond donors (Lipinski definition) is 6. The molecule has 8 N–H and O–H groups in total. The van der Waals surface area contributed by atoms with Crippen LogP contribution in [0.3, 0.4) is 0 Å². The van der Waals surface area contributed by atoms with Gasteiger partial charge in [0.05, 0.1) is 96.4 Å². The van der Waals surface area contributed by atoms with Gasteiger partial charge < -0.3 is 75.5 Å². The van der Waals surface area contributed by atoms with Crippen LogP contribution in [0.2, 0.25) is 0 Å². The molecule has 37 heteroatoms. The van der Waals surface area contributed by atoms with Gasteiger partial charge in [0.15, 0.2) is 43.2 Å². The Hall–Kier alpha value is -13.5. The summed E-state index contributed by atoms with van der Waals surface area (Å²) < 4.78 is 27.7. The molecule has 4 saturated carbocycles. The molecule has 8 fully saturated rings. The first kappa shape index (κ1) is 100. The molecular weight excluding hydrogens is 1790 g/mol. The number of pyridine rings is 4. The number of ether oxygens (including phenoxy) is 5. The molecule has 8 heterocycles. The van der Waals surface area contributed by atoms with E-state index >= 15 is 0 Å². The molecule has 4 aliphatic heterocycles. The van der Waals surface area contributed by atoms with E-state index < -0.39 is 51.1 Å². The predicted octanol–water partition coefficient (Wildman–Crippen LogP) is 16.9. The summed E-state index contributed by atoms with van der Waals surface area (Å²) in [7, 11) is 0. The lowest BCUT2D eigenvalue weighted by molar-refractivity contribution is -0.121. The molecular formula is C98H110N20O13S4. The SMILES string of the molecule is CC(C)(C)OC(=O)NC1(CO)CC1.[C-]#[N+]c1ccc(N2C(=O)C(C)(C)N(c3ccc(=O)[nH]c3)C2=S)cc1C.[C-]#[N+]c1ccc(N2C(=O)C(C)(C)N(c3ccc(OCC4(N)CC4)nc3)C2=S)cc1C.[C-]#[N+]c1ccc(N2C(=O)C(C)(C)N(c3ccc(OCC4(N)CC4)nc3)C2=S)cc1C.[C-]#[N+]c1ccc(N2C(=O)C(C)(C)N(c3ccc(OCC4(NC(=O)OC(C)(C)C)CC4)nc3)C2=S)cc1C. The number of carbonyl (C=O) groups is 6. The van der Waals surface area contributed by atoms with Crippen LogP contribution in [-0.4, -0.2) is 163 Å². The number of hydrogen-bond acceptors (Lipinski definition) is 22. The molecule has 704 valence electrons. The lowest BCUT2D eigenvalue weighted by atomic mass is 10.0. The zero-order valence-corrected chi connectivity index (χ0v) is 81.9. The summed E-state index contributed by atoms with van der Waals surface area (Å²) in [5.41, 5.74) is 16.5. The fraction of sp³-hybridized carbons (Fsp3) is 0.408.